The molecule has 0 spiro atoms. The minimum absolute atomic E-state index is 0.0537. The van der Waals surface area contributed by atoms with Crippen LogP contribution in [0.5, 0.6) is 0 Å². The summed E-state index contributed by atoms with van der Waals surface area (Å²) in [6, 6.07) is 11.1. The van der Waals surface area contributed by atoms with Crippen LogP contribution in [0.3, 0.4) is 0 Å². The second-order valence-electron chi connectivity index (χ2n) is 15.1. The van der Waals surface area contributed by atoms with Gasteiger partial charge in [-0.3, -0.25) is 19.2 Å². The number of ether oxygens (including phenoxy) is 4. The summed E-state index contributed by atoms with van der Waals surface area (Å²) in [6.07, 6.45) is 8.80. The first-order valence-electron chi connectivity index (χ1n) is 20.3. The van der Waals surface area contributed by atoms with Crippen LogP contribution < -0.4 is 5.32 Å². The van der Waals surface area contributed by atoms with E-state index in [-0.39, 0.29) is 57.8 Å². The Hall–Kier alpha value is -3.93. The van der Waals surface area contributed by atoms with Crippen molar-refractivity contribution in [2.45, 2.75) is 143 Å². The number of nitrogens with one attached hydrogen (secondary N) is 1. The molecule has 1 N–H and O–H groups in total. The van der Waals surface area contributed by atoms with Gasteiger partial charge in [0.05, 0.1) is 11.9 Å². The van der Waals surface area contributed by atoms with Crippen molar-refractivity contribution in [2.24, 2.45) is 16.2 Å². The van der Waals surface area contributed by atoms with Gasteiger partial charge in [-0.1, -0.05) is 49.4 Å². The largest absolute Gasteiger partial charge is 0.465 e. The second kappa shape index (κ2) is 22.6. The van der Waals surface area contributed by atoms with Crippen LogP contribution in [0.1, 0.15) is 116 Å². The van der Waals surface area contributed by atoms with Crippen LogP contribution >= 0.6 is 11.3 Å². The van der Waals surface area contributed by atoms with Gasteiger partial charge in [-0.05, 0) is 76.5 Å². The molecule has 1 aromatic heterocycles. The molecule has 1 aliphatic carbocycles. The first kappa shape index (κ1) is 47.7. The lowest BCUT2D eigenvalue weighted by molar-refractivity contribution is -0.149. The van der Waals surface area contributed by atoms with Crippen molar-refractivity contribution >= 4 is 61.3 Å². The predicted octanol–water partition coefficient (Wildman–Crippen LogP) is 6.62. The Labute approximate surface area is 352 Å². The molecule has 326 valence electrons. The molecule has 0 bridgehead atoms. The molecular formula is C42H58N2O12S3. The van der Waals surface area contributed by atoms with E-state index < -0.39 is 55.2 Å². The number of carbonyl (C=O) groups is 4. The lowest BCUT2D eigenvalue weighted by Gasteiger charge is -2.27. The molecule has 0 saturated heterocycles. The number of hydrogen-bond acceptors (Lipinski definition) is 14. The maximum atomic E-state index is 12.9. The molecule has 59 heavy (non-hydrogen) atoms. The van der Waals surface area contributed by atoms with E-state index in [0.29, 0.717) is 74.8 Å². The molecular weight excluding hydrogens is 821 g/mol. The van der Waals surface area contributed by atoms with Gasteiger partial charge in [-0.15, -0.1) is 11.3 Å². The van der Waals surface area contributed by atoms with Gasteiger partial charge in [0.25, 0.3) is 10.0 Å². The van der Waals surface area contributed by atoms with Crippen LogP contribution in [-0.2, 0) is 64.4 Å². The summed E-state index contributed by atoms with van der Waals surface area (Å²) in [5, 5.41) is 2.59. The topological polar surface area (TPSA) is 198 Å². The summed E-state index contributed by atoms with van der Waals surface area (Å²) < 4.78 is 77.7. The normalized spacial score (nSPS) is 23.1. The smallest absolute Gasteiger partial charge is 0.305 e. The molecule has 0 unspecified atom stereocenters. The number of fused-ring (bicyclic) bond motifs is 1. The summed E-state index contributed by atoms with van der Waals surface area (Å²) in [5.74, 6) is -1.97. The van der Waals surface area contributed by atoms with Crippen LogP contribution in [0.15, 0.2) is 61.4 Å². The number of carbonyl (C=O) groups excluding carboxylic acids is 4. The van der Waals surface area contributed by atoms with Crippen LogP contribution in [0.2, 0.25) is 0 Å². The lowest BCUT2D eigenvalue weighted by Crippen LogP contribution is -2.33. The Bertz CT molecular complexity index is 2010. The lowest BCUT2D eigenvalue weighted by atomic mass is 9.85. The van der Waals surface area contributed by atoms with Crippen LogP contribution in [0.25, 0.3) is 0 Å². The summed E-state index contributed by atoms with van der Waals surface area (Å²) in [7, 11) is -7.79. The number of hydrogen-bond donors (Lipinski definition) is 1. The molecule has 2 aromatic rings. The molecule has 14 nitrogen and oxygen atoms in total. The number of esters is 4. The fourth-order valence-electron chi connectivity index (χ4n) is 7.80. The van der Waals surface area contributed by atoms with Crippen molar-refractivity contribution in [3.8, 4) is 0 Å². The summed E-state index contributed by atoms with van der Waals surface area (Å²) in [4.78, 5) is 48.5. The zero-order valence-corrected chi connectivity index (χ0v) is 37.0. The van der Waals surface area contributed by atoms with Gasteiger partial charge in [0.1, 0.15) is 26.7 Å². The summed E-state index contributed by atoms with van der Waals surface area (Å²) >= 11 is 0.710. The van der Waals surface area contributed by atoms with Crippen molar-refractivity contribution in [2.75, 3.05) is 13.2 Å². The van der Waals surface area contributed by atoms with E-state index >= 15 is 0 Å². The van der Waals surface area contributed by atoms with Gasteiger partial charge in [0.2, 0.25) is 0 Å². The molecule has 0 amide bonds. The van der Waals surface area contributed by atoms with Gasteiger partial charge >= 0.3 is 23.9 Å². The van der Waals surface area contributed by atoms with Crippen molar-refractivity contribution < 1.29 is 55.0 Å². The second-order valence-corrected chi connectivity index (χ2v) is 20.5. The molecule has 0 radical (unpaired) electrons. The van der Waals surface area contributed by atoms with Gasteiger partial charge in [0, 0.05) is 69.7 Å². The predicted molar refractivity (Wildman–Crippen MR) is 223 cm³/mol. The van der Waals surface area contributed by atoms with E-state index in [2.05, 4.69) is 9.71 Å². The number of aryl methyl sites for hydroxylation is 1. The SMILES string of the molecule is CCN[C@H]1C[C@H](C)S(=O)(=O)c2sc(S(=O)(=O)N=CCCOC(=O)CCC/C=C\C[C@@H]3[C@@H](CC[C@@H](CCc4ccccc4)OC(C)=O)[C@H](OC(C)=O)C[C@@H]3OC(C)=O)cc21. The number of sulfone groups is 1. The molecule has 2 aliphatic rings. The first-order chi connectivity index (χ1) is 28.0. The molecule has 1 aromatic carbocycles. The fourth-order valence-corrected chi connectivity index (χ4v) is 12.7. The van der Waals surface area contributed by atoms with Crippen LogP contribution in [0, 0.1) is 11.8 Å². The Morgan fingerprint density at radius 2 is 1.64 bits per heavy atom. The molecule has 7 atom stereocenters. The van der Waals surface area contributed by atoms with Crippen LogP contribution in [-0.4, -0.2) is 83.6 Å². The van der Waals surface area contributed by atoms with Gasteiger partial charge in [-0.25, -0.2) is 8.42 Å². The minimum atomic E-state index is -4.15. The van der Waals surface area contributed by atoms with E-state index in [0.717, 1.165) is 18.2 Å². The van der Waals surface area contributed by atoms with E-state index in [1.54, 1.807) is 6.92 Å². The van der Waals surface area contributed by atoms with E-state index in [9.17, 15) is 36.0 Å². The van der Waals surface area contributed by atoms with Crippen LogP contribution in [0.4, 0.5) is 0 Å². The number of unbranched alkanes of at least 4 members (excludes halogenated alkanes) is 1. The zero-order chi connectivity index (χ0) is 43.2. The Morgan fingerprint density at radius 1 is 0.949 bits per heavy atom. The average molecular weight is 879 g/mol. The molecule has 2 heterocycles. The third-order valence-corrected chi connectivity index (χ3v) is 16.2. The molecule has 4 rings (SSSR count). The van der Waals surface area contributed by atoms with E-state index in [1.807, 2.05) is 49.4 Å². The van der Waals surface area contributed by atoms with Gasteiger partial charge < -0.3 is 24.3 Å². The van der Waals surface area contributed by atoms with Gasteiger partial charge in [-0.2, -0.15) is 12.8 Å². The maximum Gasteiger partial charge on any atom is 0.305 e. The highest BCUT2D eigenvalue weighted by molar-refractivity contribution is 7.96. The highest BCUT2D eigenvalue weighted by atomic mass is 32.3. The molecule has 1 aliphatic heterocycles. The third kappa shape index (κ3) is 14.4. The van der Waals surface area contributed by atoms with Crippen molar-refractivity contribution in [1.29, 1.82) is 0 Å². The quantitative estimate of drug-likeness (QED) is 0.0436. The zero-order valence-electron chi connectivity index (χ0n) is 34.5. The number of sulfonamides is 1. The van der Waals surface area contributed by atoms with Crippen molar-refractivity contribution in [3.05, 3.63) is 59.7 Å². The number of rotatable bonds is 22. The number of nitrogens with zero attached hydrogens (tertiary/aromatic N) is 1. The highest BCUT2D eigenvalue weighted by Crippen LogP contribution is 2.44. The van der Waals surface area contributed by atoms with Gasteiger partial charge in [0.15, 0.2) is 9.84 Å². The number of allylic oxidation sites excluding steroid dienone is 2. The minimum Gasteiger partial charge on any atom is -0.465 e. The Balaban J connectivity index is 1.26. The summed E-state index contributed by atoms with van der Waals surface area (Å²) in [5.41, 5.74) is 1.59. The first-order valence-corrected chi connectivity index (χ1v) is 24.1. The average Bonchev–Trinajstić information content (AvgIpc) is 3.76. The van der Waals surface area contributed by atoms with Crippen molar-refractivity contribution in [1.82, 2.24) is 5.32 Å². The monoisotopic (exact) mass is 878 g/mol. The van der Waals surface area contributed by atoms with Crippen molar-refractivity contribution in [3.63, 3.8) is 0 Å². The Morgan fingerprint density at radius 3 is 2.31 bits per heavy atom. The maximum absolute atomic E-state index is 12.9. The standard InChI is InChI=1S/C42H58N2O12S3/c1-6-43-37-25-28(2)58(49,50)42-36(37)26-41(57-42)59(51,52)44-23-14-24-53-40(48)18-13-8-7-12-17-34-35(39(56-31(5)47)27-38(34)55-30(4)46)22-21-33(54-29(3)45)20-19-32-15-10-9-11-16-32/h7,9-12,15-16,23,26,28,33-35,37-39,43H,6,8,13-14,17-22,24-25,27H2,1-5H3/b12-7-,44-23?/t28-,33+,34+,35+,37-,38-,39+/m0/s1. The van der Waals surface area contributed by atoms with E-state index in [4.69, 9.17) is 18.9 Å². The fraction of sp³-hybridized carbons (Fsp3) is 0.595. The Kier molecular flexibility index (Phi) is 18.3. The van der Waals surface area contributed by atoms with E-state index in [1.165, 1.54) is 26.8 Å². The molecule has 1 fully saturated rings. The summed E-state index contributed by atoms with van der Waals surface area (Å²) in [6.45, 7) is 8.14. The molecule has 1 saturated carbocycles. The molecule has 17 heteroatoms. The highest BCUT2D eigenvalue weighted by Gasteiger charge is 2.46. The third-order valence-electron chi connectivity index (χ3n) is 10.5. The number of benzene rings is 1. The number of thiophene rings is 1.